The van der Waals surface area contributed by atoms with E-state index in [4.69, 9.17) is 0 Å². The molecule has 1 aliphatic heterocycles. The van der Waals surface area contributed by atoms with Crippen molar-refractivity contribution < 1.29 is 9.59 Å². The molecule has 0 spiro atoms. The smallest absolute Gasteiger partial charge is 0.321 e. The number of piperidine rings is 1. The van der Waals surface area contributed by atoms with E-state index in [1.165, 1.54) is 31.0 Å². The van der Waals surface area contributed by atoms with E-state index in [0.29, 0.717) is 11.7 Å². The van der Waals surface area contributed by atoms with Crippen molar-refractivity contribution in [1.29, 1.82) is 0 Å². The van der Waals surface area contributed by atoms with Crippen LogP contribution in [0.25, 0.3) is 0 Å². The maximum Gasteiger partial charge on any atom is 0.321 e. The molecule has 0 unspecified atom stereocenters. The average Bonchev–Trinajstić information content (AvgIpc) is 3.08. The Kier molecular flexibility index (Phi) is 8.09. The number of hydrogen-bond acceptors (Lipinski definition) is 6. The third-order valence-electron chi connectivity index (χ3n) is 4.86. The molecule has 0 atom stereocenters. The molecule has 0 radical (unpaired) electrons. The fourth-order valence-electron chi connectivity index (χ4n) is 3.45. The predicted octanol–water partition coefficient (Wildman–Crippen LogP) is 3.03. The number of benzene rings is 1. The summed E-state index contributed by atoms with van der Waals surface area (Å²) in [6.45, 7) is 9.13. The van der Waals surface area contributed by atoms with E-state index in [2.05, 4.69) is 42.4 Å². The van der Waals surface area contributed by atoms with E-state index in [1.807, 2.05) is 39.0 Å². The van der Waals surface area contributed by atoms with Gasteiger partial charge in [-0.15, -0.1) is 10.2 Å². The first kappa shape index (κ1) is 23.3. The lowest BCUT2D eigenvalue weighted by molar-refractivity contribution is -0.117. The summed E-state index contributed by atoms with van der Waals surface area (Å²) in [5, 5.41) is 14.6. The summed E-state index contributed by atoms with van der Waals surface area (Å²) >= 11 is 1.30. The molecule has 3 amide bonds. The minimum Gasteiger partial charge on any atom is -0.333 e. The van der Waals surface area contributed by atoms with Crippen LogP contribution in [0.1, 0.15) is 51.4 Å². The predicted molar refractivity (Wildman–Crippen MR) is 122 cm³/mol. The van der Waals surface area contributed by atoms with E-state index in [0.717, 1.165) is 31.0 Å². The minimum atomic E-state index is -0.491. The lowest BCUT2D eigenvalue weighted by Crippen LogP contribution is -2.48. The van der Waals surface area contributed by atoms with Gasteiger partial charge in [-0.05, 0) is 52.3 Å². The molecule has 1 aromatic heterocycles. The van der Waals surface area contributed by atoms with Crippen LogP contribution in [0.2, 0.25) is 0 Å². The Morgan fingerprint density at radius 2 is 1.74 bits per heavy atom. The number of carbonyl (C=O) groups excluding carboxylic acids is 2. The average molecular weight is 445 g/mol. The van der Waals surface area contributed by atoms with E-state index < -0.39 is 11.6 Å². The second kappa shape index (κ2) is 10.8. The van der Waals surface area contributed by atoms with E-state index in [1.54, 1.807) is 0 Å². The maximum atomic E-state index is 12.2. The van der Waals surface area contributed by atoms with Gasteiger partial charge in [-0.2, -0.15) is 0 Å². The van der Waals surface area contributed by atoms with Crippen molar-refractivity contribution in [3.05, 3.63) is 41.7 Å². The number of rotatable bonds is 7. The quantitative estimate of drug-likeness (QED) is 0.638. The molecule has 9 heteroatoms. The molecule has 168 valence electrons. The molecule has 3 rings (SSSR count). The zero-order chi connectivity index (χ0) is 22.3. The first-order chi connectivity index (χ1) is 14.8. The molecule has 1 aliphatic rings. The Bertz CT molecular complexity index is 872. The van der Waals surface area contributed by atoms with Gasteiger partial charge in [-0.25, -0.2) is 4.79 Å². The Morgan fingerprint density at radius 1 is 1.03 bits per heavy atom. The zero-order valence-electron chi connectivity index (χ0n) is 18.6. The number of nitrogens with zero attached hydrogens (tertiary/aromatic N) is 4. The monoisotopic (exact) mass is 444 g/mol. The number of hydrogen-bond donors (Lipinski definition) is 2. The Hall–Kier alpha value is -2.39. The second-order valence-corrected chi connectivity index (χ2v) is 9.79. The third kappa shape index (κ3) is 7.66. The highest BCUT2D eigenvalue weighted by Gasteiger charge is 2.20. The SMILES string of the molecule is CC(C)(C)NC(=O)NC(=O)CSc1nnc(CN2CCCCC2)n1Cc1ccccc1. The standard InChI is InChI=1S/C22H32N6O2S/c1-22(2,3)24-20(30)23-19(29)16-31-21-26-25-18(15-27-12-8-5-9-13-27)28(21)14-17-10-6-4-7-11-17/h4,6-7,10-11H,5,8-9,12-16H2,1-3H3,(H2,23,24,29,30). The normalized spacial score (nSPS) is 14.9. The molecule has 2 heterocycles. The molecule has 0 aliphatic carbocycles. The lowest BCUT2D eigenvalue weighted by Gasteiger charge is -2.26. The topological polar surface area (TPSA) is 92.2 Å². The molecule has 31 heavy (non-hydrogen) atoms. The van der Waals surface area contributed by atoms with Crippen molar-refractivity contribution in [3.8, 4) is 0 Å². The zero-order valence-corrected chi connectivity index (χ0v) is 19.4. The summed E-state index contributed by atoms with van der Waals surface area (Å²) in [5.74, 6) is 0.631. The van der Waals surface area contributed by atoms with Crippen LogP contribution in [0.3, 0.4) is 0 Å². The fourth-order valence-corrected chi connectivity index (χ4v) is 4.21. The van der Waals surface area contributed by atoms with Crippen molar-refractivity contribution in [3.63, 3.8) is 0 Å². The molecule has 0 bridgehead atoms. The van der Waals surface area contributed by atoms with Crippen LogP contribution in [0.4, 0.5) is 4.79 Å². The van der Waals surface area contributed by atoms with Gasteiger partial charge in [-0.3, -0.25) is 15.0 Å². The number of nitrogens with one attached hydrogen (secondary N) is 2. The first-order valence-electron chi connectivity index (χ1n) is 10.7. The number of carbonyl (C=O) groups is 2. The number of thioether (sulfide) groups is 1. The maximum absolute atomic E-state index is 12.2. The first-order valence-corrected chi connectivity index (χ1v) is 11.7. The van der Waals surface area contributed by atoms with Crippen molar-refractivity contribution in [1.82, 2.24) is 30.3 Å². The van der Waals surface area contributed by atoms with Crippen molar-refractivity contribution in [2.24, 2.45) is 0 Å². The van der Waals surface area contributed by atoms with Gasteiger partial charge in [0.15, 0.2) is 5.16 Å². The second-order valence-electron chi connectivity index (χ2n) is 8.85. The summed E-state index contributed by atoms with van der Waals surface area (Å²) in [7, 11) is 0. The van der Waals surface area contributed by atoms with Gasteiger partial charge in [0, 0.05) is 5.54 Å². The highest BCUT2D eigenvalue weighted by atomic mass is 32.2. The van der Waals surface area contributed by atoms with Gasteiger partial charge >= 0.3 is 6.03 Å². The van der Waals surface area contributed by atoms with Gasteiger partial charge in [0.05, 0.1) is 18.8 Å². The number of amides is 3. The molecular weight excluding hydrogens is 412 g/mol. The molecule has 0 saturated carbocycles. The minimum absolute atomic E-state index is 0.0915. The van der Waals surface area contributed by atoms with Crippen LogP contribution in [-0.4, -0.2) is 56.0 Å². The van der Waals surface area contributed by atoms with Crippen molar-refractivity contribution in [2.45, 2.75) is 63.8 Å². The molecule has 1 fully saturated rings. The van der Waals surface area contributed by atoms with Gasteiger partial charge in [0.1, 0.15) is 5.82 Å². The summed E-state index contributed by atoms with van der Waals surface area (Å²) in [6, 6.07) is 9.67. The molecule has 8 nitrogen and oxygen atoms in total. The Balaban J connectivity index is 1.67. The summed E-state index contributed by atoms with van der Waals surface area (Å²) in [6.07, 6.45) is 3.71. The van der Waals surface area contributed by atoms with Crippen molar-refractivity contribution >= 4 is 23.7 Å². The molecule has 1 aromatic carbocycles. The van der Waals surface area contributed by atoms with Crippen molar-refractivity contribution in [2.75, 3.05) is 18.8 Å². The van der Waals surface area contributed by atoms with E-state index in [-0.39, 0.29) is 11.7 Å². The summed E-state index contributed by atoms with van der Waals surface area (Å²) < 4.78 is 2.08. The van der Waals surface area contributed by atoms with Gasteiger partial charge in [0.2, 0.25) is 5.91 Å². The summed E-state index contributed by atoms with van der Waals surface area (Å²) in [5.41, 5.74) is 0.745. The molecule has 1 saturated heterocycles. The Morgan fingerprint density at radius 3 is 2.42 bits per heavy atom. The van der Waals surface area contributed by atoms with E-state index >= 15 is 0 Å². The van der Waals surface area contributed by atoms with Crippen LogP contribution in [0.15, 0.2) is 35.5 Å². The highest BCUT2D eigenvalue weighted by Crippen LogP contribution is 2.21. The third-order valence-corrected chi connectivity index (χ3v) is 5.83. The number of imide groups is 1. The van der Waals surface area contributed by atoms with Gasteiger partial charge in [-0.1, -0.05) is 48.5 Å². The molecular formula is C22H32N6O2S. The van der Waals surface area contributed by atoms with Gasteiger partial charge in [0.25, 0.3) is 0 Å². The van der Waals surface area contributed by atoms with Crippen LogP contribution in [-0.2, 0) is 17.9 Å². The van der Waals surface area contributed by atoms with E-state index in [9.17, 15) is 9.59 Å². The fraction of sp³-hybridized carbons (Fsp3) is 0.545. The van der Waals surface area contributed by atoms with Gasteiger partial charge < -0.3 is 9.88 Å². The van der Waals surface area contributed by atoms with Crippen LogP contribution >= 0.6 is 11.8 Å². The van der Waals surface area contributed by atoms with Crippen LogP contribution in [0.5, 0.6) is 0 Å². The van der Waals surface area contributed by atoms with Crippen LogP contribution in [0, 0.1) is 0 Å². The number of aromatic nitrogens is 3. The molecule has 2 aromatic rings. The van der Waals surface area contributed by atoms with Crippen LogP contribution < -0.4 is 10.6 Å². The summed E-state index contributed by atoms with van der Waals surface area (Å²) in [4.78, 5) is 26.6. The number of likely N-dealkylation sites (tertiary alicyclic amines) is 1. The molecule has 2 N–H and O–H groups in total. The lowest BCUT2D eigenvalue weighted by atomic mass is 10.1. The highest BCUT2D eigenvalue weighted by molar-refractivity contribution is 7.99. The Labute approximate surface area is 188 Å². The largest absolute Gasteiger partial charge is 0.333 e. The number of urea groups is 1.